The summed E-state index contributed by atoms with van der Waals surface area (Å²) in [6, 6.07) is 5.80. The number of hydrogen-bond donors (Lipinski definition) is 1. The van der Waals surface area contributed by atoms with Crippen LogP contribution in [0.5, 0.6) is 0 Å². The van der Waals surface area contributed by atoms with Crippen LogP contribution in [0.4, 0.5) is 5.69 Å². The quantitative estimate of drug-likeness (QED) is 0.858. The predicted molar refractivity (Wildman–Crippen MR) is 63.6 cm³/mol. The van der Waals surface area contributed by atoms with Crippen LogP contribution in [0.3, 0.4) is 0 Å². The lowest BCUT2D eigenvalue weighted by atomic mass is 10.1. The van der Waals surface area contributed by atoms with Crippen LogP contribution in [0.2, 0.25) is 0 Å². The molecule has 0 aliphatic rings. The Kier molecular flexibility index (Phi) is 3.74. The molecule has 0 aliphatic carbocycles. The highest BCUT2D eigenvalue weighted by molar-refractivity contribution is 7.92. The van der Waals surface area contributed by atoms with Gasteiger partial charge in [0.1, 0.15) is 0 Å². The van der Waals surface area contributed by atoms with Crippen LogP contribution in [0.25, 0.3) is 0 Å². The van der Waals surface area contributed by atoms with Crippen LogP contribution in [0.1, 0.15) is 25.0 Å². The molecule has 0 saturated carbocycles. The molecule has 0 spiro atoms. The van der Waals surface area contributed by atoms with Crippen LogP contribution >= 0.6 is 0 Å². The number of anilines is 1. The van der Waals surface area contributed by atoms with Gasteiger partial charge in [0.2, 0.25) is 10.0 Å². The Bertz CT molecular complexity index is 438. The number of sulfonamides is 1. The molecule has 15 heavy (non-hydrogen) atoms. The minimum absolute atomic E-state index is 0.102. The average molecular weight is 227 g/mol. The molecule has 1 aromatic carbocycles. The lowest BCUT2D eigenvalue weighted by Crippen LogP contribution is -2.16. The van der Waals surface area contributed by atoms with Gasteiger partial charge in [-0.1, -0.05) is 25.1 Å². The fourth-order valence-corrected chi connectivity index (χ4v) is 2.14. The third-order valence-corrected chi connectivity index (χ3v) is 3.65. The number of rotatable bonds is 4. The zero-order chi connectivity index (χ0) is 11.5. The topological polar surface area (TPSA) is 46.2 Å². The average Bonchev–Trinajstić information content (AvgIpc) is 2.21. The van der Waals surface area contributed by atoms with E-state index in [4.69, 9.17) is 0 Å². The highest BCUT2D eigenvalue weighted by Crippen LogP contribution is 2.22. The van der Waals surface area contributed by atoms with E-state index in [9.17, 15) is 8.42 Å². The first kappa shape index (κ1) is 12.0. The molecule has 1 aromatic rings. The second-order valence-corrected chi connectivity index (χ2v) is 5.48. The van der Waals surface area contributed by atoms with Crippen molar-refractivity contribution in [3.05, 3.63) is 29.3 Å². The van der Waals surface area contributed by atoms with Gasteiger partial charge in [-0.25, -0.2) is 8.42 Å². The minimum atomic E-state index is -3.18. The van der Waals surface area contributed by atoms with Gasteiger partial charge in [-0.15, -0.1) is 0 Å². The SMILES string of the molecule is CCc1cccc(C)c1NS(=O)(=O)CC. The van der Waals surface area contributed by atoms with Crippen molar-refractivity contribution in [2.75, 3.05) is 10.5 Å². The summed E-state index contributed by atoms with van der Waals surface area (Å²) in [6.45, 7) is 5.55. The minimum Gasteiger partial charge on any atom is -0.283 e. The fraction of sp³-hybridized carbons (Fsp3) is 0.455. The largest absolute Gasteiger partial charge is 0.283 e. The van der Waals surface area contributed by atoms with Crippen molar-refractivity contribution in [3.8, 4) is 0 Å². The first-order valence-electron chi connectivity index (χ1n) is 5.09. The summed E-state index contributed by atoms with van der Waals surface area (Å²) in [5, 5.41) is 0. The molecule has 4 heteroatoms. The van der Waals surface area contributed by atoms with Crippen LogP contribution in [0.15, 0.2) is 18.2 Å². The van der Waals surface area contributed by atoms with Crippen molar-refractivity contribution in [2.24, 2.45) is 0 Å². The van der Waals surface area contributed by atoms with Crippen molar-refractivity contribution >= 4 is 15.7 Å². The first-order valence-corrected chi connectivity index (χ1v) is 6.74. The summed E-state index contributed by atoms with van der Waals surface area (Å²) in [5.74, 6) is 0.102. The van der Waals surface area contributed by atoms with E-state index in [0.29, 0.717) is 0 Å². The van der Waals surface area contributed by atoms with Gasteiger partial charge in [-0.2, -0.15) is 0 Å². The fourth-order valence-electron chi connectivity index (χ4n) is 1.40. The van der Waals surface area contributed by atoms with Crippen LogP contribution in [-0.4, -0.2) is 14.2 Å². The smallest absolute Gasteiger partial charge is 0.232 e. The van der Waals surface area contributed by atoms with Crippen molar-refractivity contribution < 1.29 is 8.42 Å². The Morgan fingerprint density at radius 2 is 1.93 bits per heavy atom. The standard InChI is InChI=1S/C11H17NO2S/c1-4-10-8-6-7-9(3)11(10)12-15(13,14)5-2/h6-8,12H,4-5H2,1-3H3. The maximum Gasteiger partial charge on any atom is 0.232 e. The molecule has 0 aliphatic heterocycles. The Balaban J connectivity index is 3.14. The van der Waals surface area contributed by atoms with E-state index in [1.54, 1.807) is 6.92 Å². The first-order chi connectivity index (χ1) is 7.00. The summed E-state index contributed by atoms with van der Waals surface area (Å²) in [6.07, 6.45) is 0.823. The summed E-state index contributed by atoms with van der Waals surface area (Å²) < 4.78 is 25.6. The molecule has 0 unspecified atom stereocenters. The van der Waals surface area contributed by atoms with Gasteiger partial charge in [0, 0.05) is 0 Å². The van der Waals surface area contributed by atoms with E-state index in [0.717, 1.165) is 23.2 Å². The molecule has 0 atom stereocenters. The Labute approximate surface area is 91.6 Å². The van der Waals surface area contributed by atoms with Gasteiger partial charge in [-0.3, -0.25) is 4.72 Å². The van der Waals surface area contributed by atoms with Gasteiger partial charge < -0.3 is 0 Å². The molecule has 0 radical (unpaired) electrons. The van der Waals surface area contributed by atoms with E-state index >= 15 is 0 Å². The Morgan fingerprint density at radius 3 is 2.47 bits per heavy atom. The summed E-state index contributed by atoms with van der Waals surface area (Å²) in [5.41, 5.74) is 2.74. The number of hydrogen-bond acceptors (Lipinski definition) is 2. The highest BCUT2D eigenvalue weighted by Gasteiger charge is 2.11. The molecular weight excluding hydrogens is 210 g/mol. The lowest BCUT2D eigenvalue weighted by molar-refractivity contribution is 0.602. The molecular formula is C11H17NO2S. The molecule has 0 bridgehead atoms. The summed E-state index contributed by atoms with van der Waals surface area (Å²) in [4.78, 5) is 0. The highest BCUT2D eigenvalue weighted by atomic mass is 32.2. The van der Waals surface area contributed by atoms with Gasteiger partial charge >= 0.3 is 0 Å². The normalized spacial score (nSPS) is 11.4. The third kappa shape index (κ3) is 2.96. The molecule has 0 heterocycles. The third-order valence-electron chi connectivity index (χ3n) is 2.38. The zero-order valence-corrected chi connectivity index (χ0v) is 10.2. The summed E-state index contributed by atoms with van der Waals surface area (Å²) in [7, 11) is -3.18. The van der Waals surface area contributed by atoms with E-state index in [-0.39, 0.29) is 5.75 Å². The van der Waals surface area contributed by atoms with Gasteiger partial charge in [0.05, 0.1) is 11.4 Å². The number of aryl methyl sites for hydroxylation is 2. The van der Waals surface area contributed by atoms with Crippen LogP contribution in [0, 0.1) is 6.92 Å². The monoisotopic (exact) mass is 227 g/mol. The molecule has 3 nitrogen and oxygen atoms in total. The van der Waals surface area contributed by atoms with E-state index < -0.39 is 10.0 Å². The summed E-state index contributed by atoms with van der Waals surface area (Å²) >= 11 is 0. The van der Waals surface area contributed by atoms with Crippen LogP contribution in [-0.2, 0) is 16.4 Å². The van der Waals surface area contributed by atoms with Gasteiger partial charge in [-0.05, 0) is 31.4 Å². The predicted octanol–water partition coefficient (Wildman–Crippen LogP) is 2.32. The number of para-hydroxylation sites is 1. The molecule has 0 saturated heterocycles. The Morgan fingerprint density at radius 1 is 1.27 bits per heavy atom. The lowest BCUT2D eigenvalue weighted by Gasteiger charge is -2.13. The Hall–Kier alpha value is -1.03. The van der Waals surface area contributed by atoms with Crippen molar-refractivity contribution in [3.63, 3.8) is 0 Å². The van der Waals surface area contributed by atoms with Crippen molar-refractivity contribution in [1.29, 1.82) is 0 Å². The van der Waals surface area contributed by atoms with Gasteiger partial charge in [0.25, 0.3) is 0 Å². The van der Waals surface area contributed by atoms with Gasteiger partial charge in [0.15, 0.2) is 0 Å². The molecule has 1 N–H and O–H groups in total. The van der Waals surface area contributed by atoms with E-state index in [1.165, 1.54) is 0 Å². The van der Waals surface area contributed by atoms with Crippen molar-refractivity contribution in [2.45, 2.75) is 27.2 Å². The molecule has 0 amide bonds. The van der Waals surface area contributed by atoms with E-state index in [1.807, 2.05) is 32.0 Å². The van der Waals surface area contributed by atoms with Crippen LogP contribution < -0.4 is 4.72 Å². The molecule has 1 rings (SSSR count). The van der Waals surface area contributed by atoms with Crippen molar-refractivity contribution in [1.82, 2.24) is 0 Å². The second-order valence-electron chi connectivity index (χ2n) is 3.47. The zero-order valence-electron chi connectivity index (χ0n) is 9.37. The number of nitrogens with one attached hydrogen (secondary N) is 1. The maximum atomic E-state index is 11.5. The second kappa shape index (κ2) is 4.66. The van der Waals surface area contributed by atoms with E-state index in [2.05, 4.69) is 4.72 Å². The molecule has 84 valence electrons. The number of benzene rings is 1. The molecule has 0 fully saturated rings. The molecule has 0 aromatic heterocycles. The maximum absolute atomic E-state index is 11.5.